The molecule has 0 radical (unpaired) electrons. The number of benzene rings is 1. The van der Waals surface area contributed by atoms with E-state index >= 15 is 0 Å². The fourth-order valence-electron chi connectivity index (χ4n) is 2.76. The molecular weight excluding hydrogens is 295 g/mol. The largest absolute Gasteiger partial charge is 0.349 e. The molecule has 0 saturated heterocycles. The summed E-state index contributed by atoms with van der Waals surface area (Å²) < 4.78 is 0. The van der Waals surface area contributed by atoms with E-state index in [1.165, 1.54) is 6.42 Å². The second kappa shape index (κ2) is 7.87. The van der Waals surface area contributed by atoms with Crippen LogP contribution in [-0.4, -0.2) is 18.5 Å². The summed E-state index contributed by atoms with van der Waals surface area (Å²) >= 11 is 5.96. The molecule has 20 heavy (non-hydrogen) atoms. The lowest BCUT2D eigenvalue weighted by Crippen LogP contribution is -2.44. The molecule has 2 unspecified atom stereocenters. The van der Waals surface area contributed by atoms with Crippen LogP contribution in [0, 0.1) is 12.8 Å². The summed E-state index contributed by atoms with van der Waals surface area (Å²) in [6, 6.07) is 5.60. The first-order valence-electron chi connectivity index (χ1n) is 6.89. The van der Waals surface area contributed by atoms with Crippen LogP contribution in [0.15, 0.2) is 18.2 Å². The number of amides is 1. The number of carbonyl (C=O) groups is 1. The Labute approximate surface area is 131 Å². The summed E-state index contributed by atoms with van der Waals surface area (Å²) in [7, 11) is 0. The number of carbonyl (C=O) groups excluding carboxylic acids is 1. The smallest absolute Gasteiger partial charge is 0.251 e. The van der Waals surface area contributed by atoms with E-state index in [1.807, 2.05) is 13.0 Å². The summed E-state index contributed by atoms with van der Waals surface area (Å²) in [5.74, 6) is 0.363. The molecule has 3 nitrogen and oxygen atoms in total. The molecule has 1 aliphatic rings. The zero-order valence-electron chi connectivity index (χ0n) is 11.7. The molecule has 1 saturated carbocycles. The van der Waals surface area contributed by atoms with Crippen molar-refractivity contribution in [1.29, 1.82) is 0 Å². The predicted molar refractivity (Wildman–Crippen MR) is 85.7 cm³/mol. The molecule has 2 rings (SSSR count). The minimum absolute atomic E-state index is 0. The number of nitrogens with one attached hydrogen (secondary N) is 1. The zero-order valence-corrected chi connectivity index (χ0v) is 13.3. The van der Waals surface area contributed by atoms with Gasteiger partial charge in [-0.2, -0.15) is 0 Å². The first-order chi connectivity index (χ1) is 9.11. The van der Waals surface area contributed by atoms with Gasteiger partial charge in [0.2, 0.25) is 0 Å². The van der Waals surface area contributed by atoms with Crippen molar-refractivity contribution in [2.45, 2.75) is 38.6 Å². The van der Waals surface area contributed by atoms with Crippen LogP contribution in [0.2, 0.25) is 5.02 Å². The topological polar surface area (TPSA) is 55.1 Å². The molecule has 112 valence electrons. The number of halogens is 2. The molecule has 2 atom stereocenters. The molecule has 0 aromatic heterocycles. The predicted octanol–water partition coefficient (Wildman–Crippen LogP) is 3.32. The fraction of sp³-hybridized carbons (Fsp3) is 0.533. The van der Waals surface area contributed by atoms with Gasteiger partial charge in [-0.05, 0) is 49.9 Å². The molecule has 5 heteroatoms. The third-order valence-corrected chi connectivity index (χ3v) is 4.21. The first kappa shape index (κ1) is 17.3. The van der Waals surface area contributed by atoms with Crippen molar-refractivity contribution in [1.82, 2.24) is 5.32 Å². The van der Waals surface area contributed by atoms with Crippen molar-refractivity contribution in [2.75, 3.05) is 6.54 Å². The molecule has 1 aromatic rings. The van der Waals surface area contributed by atoms with Crippen LogP contribution in [0.25, 0.3) is 0 Å². The van der Waals surface area contributed by atoms with E-state index in [-0.39, 0.29) is 24.4 Å². The monoisotopic (exact) mass is 316 g/mol. The summed E-state index contributed by atoms with van der Waals surface area (Å²) in [4.78, 5) is 12.3. The number of rotatable bonds is 3. The Balaban J connectivity index is 0.00000200. The van der Waals surface area contributed by atoms with Crippen molar-refractivity contribution in [3.05, 3.63) is 34.3 Å². The Hall–Kier alpha value is -0.770. The average molecular weight is 317 g/mol. The lowest BCUT2D eigenvalue weighted by molar-refractivity contribution is 0.0907. The van der Waals surface area contributed by atoms with Crippen LogP contribution in [0.5, 0.6) is 0 Å². The molecule has 1 aromatic carbocycles. The highest BCUT2D eigenvalue weighted by molar-refractivity contribution is 6.31. The SMILES string of the molecule is Cc1ccc(Cl)cc1C(=O)NC1CCCCC1CN.Cl. The number of aryl methyl sites for hydroxylation is 1. The van der Waals surface area contributed by atoms with Gasteiger partial charge in [-0.3, -0.25) is 4.79 Å². The standard InChI is InChI=1S/C15H21ClN2O.ClH/c1-10-6-7-12(16)8-13(10)15(19)18-14-5-3-2-4-11(14)9-17;/h6-8,11,14H,2-5,9,17H2,1H3,(H,18,19);1H. The minimum atomic E-state index is -0.0367. The highest BCUT2D eigenvalue weighted by Gasteiger charge is 2.26. The Morgan fingerprint density at radius 2 is 2.10 bits per heavy atom. The highest BCUT2D eigenvalue weighted by atomic mass is 35.5. The van der Waals surface area contributed by atoms with Gasteiger partial charge in [-0.25, -0.2) is 0 Å². The summed E-state index contributed by atoms with van der Waals surface area (Å²) in [6.07, 6.45) is 4.50. The summed E-state index contributed by atoms with van der Waals surface area (Å²) in [5, 5.41) is 3.72. The van der Waals surface area contributed by atoms with Crippen LogP contribution in [0.3, 0.4) is 0 Å². The summed E-state index contributed by atoms with van der Waals surface area (Å²) in [5.41, 5.74) is 7.40. The van der Waals surface area contributed by atoms with Crippen LogP contribution in [0.4, 0.5) is 0 Å². The van der Waals surface area contributed by atoms with E-state index in [0.29, 0.717) is 23.0 Å². The van der Waals surface area contributed by atoms with E-state index in [4.69, 9.17) is 17.3 Å². The van der Waals surface area contributed by atoms with Crippen molar-refractivity contribution >= 4 is 29.9 Å². The molecule has 1 aliphatic carbocycles. The normalized spacial score (nSPS) is 21.9. The average Bonchev–Trinajstić information content (AvgIpc) is 2.42. The number of nitrogens with two attached hydrogens (primary N) is 1. The van der Waals surface area contributed by atoms with E-state index in [2.05, 4.69) is 5.32 Å². The van der Waals surface area contributed by atoms with Crippen LogP contribution < -0.4 is 11.1 Å². The lowest BCUT2D eigenvalue weighted by Gasteiger charge is -2.31. The van der Waals surface area contributed by atoms with Gasteiger partial charge in [0, 0.05) is 16.6 Å². The first-order valence-corrected chi connectivity index (χ1v) is 7.26. The maximum Gasteiger partial charge on any atom is 0.251 e. The van der Waals surface area contributed by atoms with Crippen molar-refractivity contribution < 1.29 is 4.79 Å². The van der Waals surface area contributed by atoms with E-state index in [9.17, 15) is 4.79 Å². The lowest BCUT2D eigenvalue weighted by atomic mass is 9.84. The number of hydrogen-bond donors (Lipinski definition) is 2. The third-order valence-electron chi connectivity index (χ3n) is 3.97. The van der Waals surface area contributed by atoms with E-state index in [1.54, 1.807) is 12.1 Å². The molecule has 0 heterocycles. The van der Waals surface area contributed by atoms with Gasteiger partial charge in [0.25, 0.3) is 5.91 Å². The van der Waals surface area contributed by atoms with Crippen LogP contribution in [0.1, 0.15) is 41.6 Å². The van der Waals surface area contributed by atoms with Gasteiger partial charge in [0.1, 0.15) is 0 Å². The fourth-order valence-corrected chi connectivity index (χ4v) is 2.94. The Bertz CT molecular complexity index is 465. The van der Waals surface area contributed by atoms with Crippen LogP contribution >= 0.6 is 24.0 Å². The second-order valence-electron chi connectivity index (χ2n) is 5.32. The highest BCUT2D eigenvalue weighted by Crippen LogP contribution is 2.24. The molecule has 0 spiro atoms. The minimum Gasteiger partial charge on any atom is -0.349 e. The Kier molecular flexibility index (Phi) is 6.80. The van der Waals surface area contributed by atoms with Crippen molar-refractivity contribution in [3.8, 4) is 0 Å². The van der Waals surface area contributed by atoms with Gasteiger partial charge >= 0.3 is 0 Å². The van der Waals surface area contributed by atoms with E-state index < -0.39 is 0 Å². The van der Waals surface area contributed by atoms with Crippen molar-refractivity contribution in [2.24, 2.45) is 11.7 Å². The quantitative estimate of drug-likeness (QED) is 0.898. The van der Waals surface area contributed by atoms with Gasteiger partial charge in [0.05, 0.1) is 0 Å². The maximum atomic E-state index is 12.3. The zero-order chi connectivity index (χ0) is 13.8. The Morgan fingerprint density at radius 1 is 1.40 bits per heavy atom. The molecule has 1 amide bonds. The third kappa shape index (κ3) is 4.11. The maximum absolute atomic E-state index is 12.3. The Morgan fingerprint density at radius 3 is 2.80 bits per heavy atom. The van der Waals surface area contributed by atoms with Gasteiger partial charge < -0.3 is 11.1 Å². The van der Waals surface area contributed by atoms with E-state index in [0.717, 1.165) is 24.8 Å². The van der Waals surface area contributed by atoms with Gasteiger partial charge in [-0.15, -0.1) is 12.4 Å². The molecule has 0 bridgehead atoms. The molecular formula is C15H22Cl2N2O. The van der Waals surface area contributed by atoms with Gasteiger partial charge in [-0.1, -0.05) is 30.5 Å². The summed E-state index contributed by atoms with van der Waals surface area (Å²) in [6.45, 7) is 2.56. The number of hydrogen-bond acceptors (Lipinski definition) is 2. The molecule has 0 aliphatic heterocycles. The van der Waals surface area contributed by atoms with Crippen LogP contribution in [-0.2, 0) is 0 Å². The molecule has 3 N–H and O–H groups in total. The second-order valence-corrected chi connectivity index (χ2v) is 5.76. The molecule has 1 fully saturated rings. The van der Waals surface area contributed by atoms with Crippen molar-refractivity contribution in [3.63, 3.8) is 0 Å². The van der Waals surface area contributed by atoms with Gasteiger partial charge in [0.15, 0.2) is 0 Å².